The van der Waals surface area contributed by atoms with Crippen LogP contribution in [0.3, 0.4) is 0 Å². The Morgan fingerprint density at radius 3 is 2.53 bits per heavy atom. The molecular formula is C10H18N2O4S. The van der Waals surface area contributed by atoms with Gasteiger partial charge in [-0.15, -0.1) is 6.58 Å². The minimum Gasteiger partial charge on any atom is -0.323 e. The first-order chi connectivity index (χ1) is 7.83. The Morgan fingerprint density at radius 2 is 2.12 bits per heavy atom. The summed E-state index contributed by atoms with van der Waals surface area (Å²) in [7, 11) is -2.19. The van der Waals surface area contributed by atoms with Gasteiger partial charge in [0.25, 0.3) is 0 Å². The van der Waals surface area contributed by atoms with Gasteiger partial charge in [0.05, 0.1) is 5.75 Å². The first-order valence-corrected chi connectivity index (χ1v) is 6.78. The molecule has 0 bridgehead atoms. The highest BCUT2D eigenvalue weighted by Gasteiger charge is 2.20. The van der Waals surface area contributed by atoms with Crippen molar-refractivity contribution in [3.63, 3.8) is 0 Å². The molecule has 0 heterocycles. The molecule has 0 aliphatic carbocycles. The van der Waals surface area contributed by atoms with Crippen molar-refractivity contribution in [2.45, 2.75) is 20.3 Å². The lowest BCUT2D eigenvalue weighted by atomic mass is 10.1. The van der Waals surface area contributed by atoms with Crippen molar-refractivity contribution >= 4 is 21.0 Å². The normalized spacial score (nSPS) is 12.4. The molecule has 0 aliphatic rings. The average molecular weight is 262 g/mol. The van der Waals surface area contributed by atoms with Crippen molar-refractivity contribution in [2.24, 2.45) is 11.1 Å². The molecule has 0 atom stereocenters. The van der Waals surface area contributed by atoms with E-state index in [9.17, 15) is 13.2 Å². The molecule has 98 valence electrons. The van der Waals surface area contributed by atoms with Gasteiger partial charge in [-0.3, -0.25) is 4.84 Å². The van der Waals surface area contributed by atoms with Crippen molar-refractivity contribution in [3.05, 3.63) is 12.7 Å². The van der Waals surface area contributed by atoms with E-state index in [1.807, 2.05) is 13.8 Å². The van der Waals surface area contributed by atoms with Gasteiger partial charge in [-0.2, -0.15) is 0 Å². The van der Waals surface area contributed by atoms with Crippen molar-refractivity contribution in [2.75, 3.05) is 12.8 Å². The third-order valence-electron chi connectivity index (χ3n) is 1.71. The molecule has 0 saturated heterocycles. The number of hydrogen-bond donors (Lipinski definition) is 1. The smallest absolute Gasteiger partial charge is 0.323 e. The maximum atomic E-state index is 11.8. The van der Waals surface area contributed by atoms with Crippen LogP contribution in [0.5, 0.6) is 0 Å². The summed E-state index contributed by atoms with van der Waals surface area (Å²) in [6.45, 7) is 7.06. The van der Waals surface area contributed by atoms with E-state index < -0.39 is 15.9 Å². The number of sulfone groups is 1. The average Bonchev–Trinajstić information content (AvgIpc) is 2.22. The molecule has 0 fully saturated rings. The third-order valence-corrected chi connectivity index (χ3v) is 3.35. The highest BCUT2D eigenvalue weighted by Crippen LogP contribution is 2.09. The van der Waals surface area contributed by atoms with Crippen LogP contribution in [-0.2, 0) is 14.7 Å². The molecule has 1 amide bonds. The SMILES string of the molecule is C=CCS(=O)(=O)C(CC(C)C)=NOC(=O)NC. The summed E-state index contributed by atoms with van der Waals surface area (Å²) >= 11 is 0. The van der Waals surface area contributed by atoms with Gasteiger partial charge in [-0.05, 0) is 5.92 Å². The van der Waals surface area contributed by atoms with Gasteiger partial charge in [0.1, 0.15) is 0 Å². The minimum absolute atomic E-state index is 0.0848. The predicted molar refractivity (Wildman–Crippen MR) is 66.4 cm³/mol. The molecule has 0 saturated carbocycles. The van der Waals surface area contributed by atoms with Crippen molar-refractivity contribution in [1.29, 1.82) is 0 Å². The van der Waals surface area contributed by atoms with Crippen molar-refractivity contribution in [1.82, 2.24) is 5.32 Å². The van der Waals surface area contributed by atoms with Gasteiger partial charge in [-0.1, -0.05) is 25.1 Å². The molecule has 0 aliphatic heterocycles. The van der Waals surface area contributed by atoms with E-state index in [-0.39, 0.29) is 23.1 Å². The van der Waals surface area contributed by atoms with E-state index in [0.29, 0.717) is 0 Å². The Labute approximate surface area is 102 Å². The molecule has 0 radical (unpaired) electrons. The fourth-order valence-electron chi connectivity index (χ4n) is 0.960. The second-order valence-electron chi connectivity index (χ2n) is 3.78. The number of amides is 1. The number of nitrogens with zero attached hydrogens (tertiary/aromatic N) is 1. The van der Waals surface area contributed by atoms with Crippen molar-refractivity contribution < 1.29 is 18.0 Å². The quantitative estimate of drug-likeness (QED) is 0.266. The van der Waals surface area contributed by atoms with E-state index in [2.05, 4.69) is 21.9 Å². The molecule has 7 heteroatoms. The van der Waals surface area contributed by atoms with Gasteiger partial charge >= 0.3 is 6.09 Å². The van der Waals surface area contributed by atoms with Crippen LogP contribution in [0, 0.1) is 5.92 Å². The Morgan fingerprint density at radius 1 is 1.53 bits per heavy atom. The number of rotatable bonds is 5. The molecule has 0 spiro atoms. The van der Waals surface area contributed by atoms with E-state index in [0.717, 1.165) is 0 Å². The van der Waals surface area contributed by atoms with Crippen LogP contribution in [0.15, 0.2) is 17.8 Å². The number of hydrogen-bond acceptors (Lipinski definition) is 5. The minimum atomic E-state index is -3.54. The predicted octanol–water partition coefficient (Wildman–Crippen LogP) is 1.30. The Balaban J connectivity index is 5.00. The summed E-state index contributed by atoms with van der Waals surface area (Å²) in [5.74, 6) is -0.142. The molecule has 0 rings (SSSR count). The molecule has 6 nitrogen and oxygen atoms in total. The zero-order valence-electron chi connectivity index (χ0n) is 10.3. The maximum absolute atomic E-state index is 11.8. The van der Waals surface area contributed by atoms with E-state index in [4.69, 9.17) is 0 Å². The number of oxime groups is 1. The third kappa shape index (κ3) is 6.06. The van der Waals surface area contributed by atoms with Gasteiger partial charge < -0.3 is 5.32 Å². The Hall–Kier alpha value is -1.37. The first kappa shape index (κ1) is 15.6. The zero-order valence-corrected chi connectivity index (χ0v) is 11.1. The summed E-state index contributed by atoms with van der Waals surface area (Å²) in [5, 5.41) is 5.43. The molecular weight excluding hydrogens is 244 g/mol. The first-order valence-electron chi connectivity index (χ1n) is 5.12. The van der Waals surface area contributed by atoms with Crippen LogP contribution in [0.25, 0.3) is 0 Å². The standard InChI is InChI=1S/C10H18N2O4S/c1-5-6-17(14,15)9(7-8(2)3)12-16-10(13)11-4/h5,8H,1,6-7H2,2-4H3,(H,11,13). The molecule has 0 aromatic rings. The van der Waals surface area contributed by atoms with Crippen LogP contribution >= 0.6 is 0 Å². The van der Waals surface area contributed by atoms with Crippen LogP contribution in [-0.4, -0.2) is 32.4 Å². The Kier molecular flexibility index (Phi) is 6.48. The summed E-state index contributed by atoms with van der Waals surface area (Å²) in [5.41, 5.74) is 0. The highest BCUT2D eigenvalue weighted by atomic mass is 32.2. The summed E-state index contributed by atoms with van der Waals surface area (Å²) in [4.78, 5) is 15.2. The van der Waals surface area contributed by atoms with Crippen LogP contribution < -0.4 is 5.32 Å². The molecule has 1 N–H and O–H groups in total. The lowest BCUT2D eigenvalue weighted by Gasteiger charge is -2.08. The second kappa shape index (κ2) is 7.05. The summed E-state index contributed by atoms with van der Waals surface area (Å²) in [6, 6.07) is 0. The summed E-state index contributed by atoms with van der Waals surface area (Å²) in [6.07, 6.45) is 0.679. The van der Waals surface area contributed by atoms with Crippen molar-refractivity contribution in [3.8, 4) is 0 Å². The molecule has 0 aromatic carbocycles. The topological polar surface area (TPSA) is 84.8 Å². The van der Waals surface area contributed by atoms with Gasteiger partial charge in [0.15, 0.2) is 14.9 Å². The van der Waals surface area contributed by atoms with Gasteiger partial charge in [0.2, 0.25) is 0 Å². The van der Waals surface area contributed by atoms with E-state index in [1.165, 1.54) is 13.1 Å². The molecule has 0 aromatic heterocycles. The number of carbonyl (C=O) groups is 1. The Bertz CT molecular complexity index is 399. The summed E-state index contributed by atoms with van der Waals surface area (Å²) < 4.78 is 23.5. The zero-order chi connectivity index (χ0) is 13.5. The number of carbonyl (C=O) groups excluding carboxylic acids is 1. The van der Waals surface area contributed by atoms with Gasteiger partial charge in [-0.25, -0.2) is 13.2 Å². The largest absolute Gasteiger partial charge is 0.433 e. The van der Waals surface area contributed by atoms with E-state index in [1.54, 1.807) is 0 Å². The van der Waals surface area contributed by atoms with E-state index >= 15 is 0 Å². The van der Waals surface area contributed by atoms with Gasteiger partial charge in [0, 0.05) is 13.5 Å². The fraction of sp³-hybridized carbons (Fsp3) is 0.600. The van der Waals surface area contributed by atoms with Crippen LogP contribution in [0.1, 0.15) is 20.3 Å². The monoisotopic (exact) mass is 262 g/mol. The number of nitrogens with one attached hydrogen (secondary N) is 1. The fourth-order valence-corrected chi connectivity index (χ4v) is 2.20. The van der Waals surface area contributed by atoms with Crippen LogP contribution in [0.4, 0.5) is 4.79 Å². The lowest BCUT2D eigenvalue weighted by Crippen LogP contribution is -2.22. The molecule has 17 heavy (non-hydrogen) atoms. The van der Waals surface area contributed by atoms with Crippen LogP contribution in [0.2, 0.25) is 0 Å². The maximum Gasteiger partial charge on any atom is 0.433 e. The lowest BCUT2D eigenvalue weighted by molar-refractivity contribution is 0.153. The highest BCUT2D eigenvalue weighted by molar-refractivity contribution is 8.06. The molecule has 0 unspecified atom stereocenters. The second-order valence-corrected chi connectivity index (χ2v) is 5.82.